The number of hydrogen-bond donors (Lipinski definition) is 2. The Kier molecular flexibility index (Phi) is 6.27. The molecule has 2 unspecified atom stereocenters. The summed E-state index contributed by atoms with van der Waals surface area (Å²) in [7, 11) is -1.06. The first-order valence-electron chi connectivity index (χ1n) is 10.4. The molecule has 0 spiro atoms. The van der Waals surface area contributed by atoms with E-state index in [1.165, 1.54) is 0 Å². The number of carboxylic acids is 1. The number of carbonyl (C=O) groups is 2. The number of piperidine rings is 1. The summed E-state index contributed by atoms with van der Waals surface area (Å²) >= 11 is 6.05. The predicted octanol–water partition coefficient (Wildman–Crippen LogP) is 3.29. The lowest BCUT2D eigenvalue weighted by Crippen LogP contribution is -2.53. The van der Waals surface area contributed by atoms with Crippen LogP contribution in [0.2, 0.25) is 5.02 Å². The minimum Gasteiger partial charge on any atom is -0.481 e. The zero-order chi connectivity index (χ0) is 20.5. The van der Waals surface area contributed by atoms with E-state index in [4.69, 9.17) is 11.6 Å². The van der Waals surface area contributed by atoms with Crippen molar-refractivity contribution in [1.82, 2.24) is 9.62 Å². The molecule has 4 rings (SSSR count). The summed E-state index contributed by atoms with van der Waals surface area (Å²) in [6, 6.07) is 7.38. The third-order valence-electron chi connectivity index (χ3n) is 6.19. The fraction of sp³-hybridized carbons (Fsp3) is 0.619. The molecule has 0 bridgehead atoms. The number of nitrogens with zero attached hydrogens (tertiary/aromatic N) is 1. The lowest BCUT2D eigenvalue weighted by atomic mass is 9.84. The summed E-state index contributed by atoms with van der Waals surface area (Å²) in [5, 5.41) is 10.1. The molecular weight excluding hydrogens is 412 g/mol. The SMILES string of the molecule is O=C(O)C[C@H]1CC[C@@H](c2ccc(Cl)cc2)N(C(CNS(=O)C2CC2)C2CC2)C1=O. The largest absolute Gasteiger partial charge is 0.481 e. The summed E-state index contributed by atoms with van der Waals surface area (Å²) in [6.07, 6.45) is 5.22. The predicted molar refractivity (Wildman–Crippen MR) is 112 cm³/mol. The average molecular weight is 439 g/mol. The number of rotatable bonds is 9. The first-order valence-corrected chi connectivity index (χ1v) is 12.0. The zero-order valence-electron chi connectivity index (χ0n) is 16.3. The number of likely N-dealkylation sites (tertiary alicyclic amines) is 1. The van der Waals surface area contributed by atoms with Crippen molar-refractivity contribution in [2.45, 2.75) is 62.3 Å². The van der Waals surface area contributed by atoms with Gasteiger partial charge in [0, 0.05) is 28.8 Å². The van der Waals surface area contributed by atoms with Gasteiger partial charge in [-0.1, -0.05) is 23.7 Å². The molecule has 29 heavy (non-hydrogen) atoms. The maximum Gasteiger partial charge on any atom is 0.304 e. The summed E-state index contributed by atoms with van der Waals surface area (Å²) in [5.74, 6) is -1.15. The van der Waals surface area contributed by atoms with Crippen LogP contribution >= 0.6 is 11.6 Å². The van der Waals surface area contributed by atoms with E-state index in [0.29, 0.717) is 23.9 Å². The number of amides is 1. The molecule has 1 heterocycles. The van der Waals surface area contributed by atoms with Crippen LogP contribution in [-0.4, -0.2) is 43.9 Å². The van der Waals surface area contributed by atoms with Gasteiger partial charge in [0.1, 0.15) is 0 Å². The molecule has 1 amide bonds. The highest BCUT2D eigenvalue weighted by atomic mass is 35.5. The van der Waals surface area contributed by atoms with Gasteiger partial charge in [0.25, 0.3) is 0 Å². The van der Waals surface area contributed by atoms with Gasteiger partial charge < -0.3 is 10.0 Å². The monoisotopic (exact) mass is 438 g/mol. The second-order valence-corrected chi connectivity index (χ2v) is 10.4. The number of halogens is 1. The summed E-state index contributed by atoms with van der Waals surface area (Å²) in [4.78, 5) is 26.6. The van der Waals surface area contributed by atoms with E-state index < -0.39 is 22.9 Å². The van der Waals surface area contributed by atoms with Crippen LogP contribution in [0.5, 0.6) is 0 Å². The fourth-order valence-corrected chi connectivity index (χ4v) is 5.59. The number of aliphatic carboxylic acids is 1. The van der Waals surface area contributed by atoms with E-state index in [1.54, 1.807) is 0 Å². The van der Waals surface area contributed by atoms with Crippen LogP contribution < -0.4 is 4.72 Å². The average Bonchev–Trinajstić information content (AvgIpc) is 3.57. The number of hydrogen-bond acceptors (Lipinski definition) is 3. The molecule has 2 N–H and O–H groups in total. The van der Waals surface area contributed by atoms with Crippen LogP contribution in [-0.2, 0) is 20.6 Å². The quantitative estimate of drug-likeness (QED) is 0.619. The molecule has 0 radical (unpaired) electrons. The molecule has 1 aliphatic heterocycles. The topological polar surface area (TPSA) is 86.7 Å². The lowest BCUT2D eigenvalue weighted by molar-refractivity contribution is -0.151. The third kappa shape index (κ3) is 5.01. The Balaban J connectivity index is 1.59. The molecule has 3 aliphatic rings. The van der Waals surface area contributed by atoms with Crippen LogP contribution in [0, 0.1) is 11.8 Å². The minimum absolute atomic E-state index is 0.0672. The smallest absolute Gasteiger partial charge is 0.304 e. The van der Waals surface area contributed by atoms with Gasteiger partial charge in [-0.2, -0.15) is 0 Å². The van der Waals surface area contributed by atoms with E-state index in [9.17, 15) is 18.9 Å². The molecule has 1 aromatic carbocycles. The van der Waals surface area contributed by atoms with Crippen LogP contribution in [0.4, 0.5) is 0 Å². The Morgan fingerprint density at radius 1 is 1.17 bits per heavy atom. The van der Waals surface area contributed by atoms with Gasteiger partial charge in [-0.3, -0.25) is 9.59 Å². The van der Waals surface area contributed by atoms with E-state index >= 15 is 0 Å². The molecule has 4 atom stereocenters. The van der Waals surface area contributed by atoms with Gasteiger partial charge in [0.2, 0.25) is 5.91 Å². The van der Waals surface area contributed by atoms with Crippen LogP contribution in [0.3, 0.4) is 0 Å². The molecule has 3 fully saturated rings. The molecule has 6 nitrogen and oxygen atoms in total. The Labute approximate surface area is 178 Å². The number of carbonyl (C=O) groups excluding carboxylic acids is 1. The highest BCUT2D eigenvalue weighted by Gasteiger charge is 2.45. The van der Waals surface area contributed by atoms with Gasteiger partial charge >= 0.3 is 5.97 Å². The van der Waals surface area contributed by atoms with Crippen molar-refractivity contribution in [3.05, 3.63) is 34.9 Å². The van der Waals surface area contributed by atoms with E-state index in [1.807, 2.05) is 29.2 Å². The fourth-order valence-electron chi connectivity index (χ4n) is 4.33. The molecule has 158 valence electrons. The number of benzene rings is 1. The Morgan fingerprint density at radius 2 is 1.86 bits per heavy atom. The molecule has 2 aliphatic carbocycles. The van der Waals surface area contributed by atoms with Crippen LogP contribution in [0.15, 0.2) is 24.3 Å². The first-order chi connectivity index (χ1) is 13.9. The van der Waals surface area contributed by atoms with Crippen molar-refractivity contribution in [3.8, 4) is 0 Å². The van der Waals surface area contributed by atoms with Crippen molar-refractivity contribution < 1.29 is 18.9 Å². The maximum atomic E-state index is 13.4. The molecule has 1 saturated heterocycles. The Bertz CT molecular complexity index is 794. The molecule has 1 aromatic rings. The maximum absolute atomic E-state index is 13.4. The van der Waals surface area contributed by atoms with E-state index in [2.05, 4.69) is 4.72 Å². The van der Waals surface area contributed by atoms with Gasteiger partial charge in [-0.25, -0.2) is 8.93 Å². The first kappa shape index (κ1) is 20.8. The zero-order valence-corrected chi connectivity index (χ0v) is 17.8. The highest BCUT2D eigenvalue weighted by molar-refractivity contribution is 7.84. The summed E-state index contributed by atoms with van der Waals surface area (Å²) in [6.45, 7) is 0.489. The van der Waals surface area contributed by atoms with Gasteiger partial charge in [-0.05, 0) is 62.1 Å². The lowest BCUT2D eigenvalue weighted by Gasteiger charge is -2.44. The van der Waals surface area contributed by atoms with Gasteiger partial charge in [0.05, 0.1) is 23.4 Å². The van der Waals surface area contributed by atoms with Crippen LogP contribution in [0.25, 0.3) is 0 Å². The molecule has 8 heteroatoms. The Morgan fingerprint density at radius 3 is 2.45 bits per heavy atom. The van der Waals surface area contributed by atoms with Gasteiger partial charge in [-0.15, -0.1) is 0 Å². The molecular formula is C21H27ClN2O4S. The molecule has 0 aromatic heterocycles. The summed E-state index contributed by atoms with van der Waals surface area (Å²) in [5.41, 5.74) is 1.02. The second-order valence-electron chi connectivity index (χ2n) is 8.44. The number of nitrogens with one attached hydrogen (secondary N) is 1. The van der Waals surface area contributed by atoms with Crippen molar-refractivity contribution in [2.75, 3.05) is 6.54 Å². The van der Waals surface area contributed by atoms with Crippen molar-refractivity contribution >= 4 is 34.5 Å². The number of carboxylic acid groups (broad SMARTS) is 1. The van der Waals surface area contributed by atoms with Crippen molar-refractivity contribution in [2.24, 2.45) is 11.8 Å². The van der Waals surface area contributed by atoms with Crippen LogP contribution in [0.1, 0.15) is 56.6 Å². The van der Waals surface area contributed by atoms with Crippen molar-refractivity contribution in [1.29, 1.82) is 0 Å². The second kappa shape index (κ2) is 8.74. The van der Waals surface area contributed by atoms with Gasteiger partial charge in [0.15, 0.2) is 0 Å². The third-order valence-corrected chi connectivity index (χ3v) is 7.97. The standard InChI is InChI=1S/C21H27ClN2O4S/c22-16-6-3-13(4-7-16)18-10-5-15(11-20(25)26)21(27)24(18)19(14-1-2-14)12-23-29(28)17-8-9-17/h3-4,6-7,14-15,17-19,23H,1-2,5,8-12H2,(H,25,26)/t15-,18+,19?,29?/m1/s1. The summed E-state index contributed by atoms with van der Waals surface area (Å²) < 4.78 is 15.5. The highest BCUT2D eigenvalue weighted by Crippen LogP contribution is 2.43. The normalized spacial score (nSPS) is 26.9. The molecule has 2 saturated carbocycles. The minimum atomic E-state index is -1.06. The van der Waals surface area contributed by atoms with E-state index in [0.717, 1.165) is 37.7 Å². The Hall–Kier alpha value is -1.44. The van der Waals surface area contributed by atoms with E-state index in [-0.39, 0.29) is 29.7 Å². The van der Waals surface area contributed by atoms with Crippen molar-refractivity contribution in [3.63, 3.8) is 0 Å².